The molecule has 8 heteroatoms. The van der Waals surface area contributed by atoms with Gasteiger partial charge < -0.3 is 15.2 Å². The highest BCUT2D eigenvalue weighted by Gasteiger charge is 2.37. The number of nitrogens with zero attached hydrogens (tertiary/aromatic N) is 1. The molecule has 0 bridgehead atoms. The van der Waals surface area contributed by atoms with Crippen molar-refractivity contribution in [1.82, 2.24) is 4.98 Å². The fourth-order valence-corrected chi connectivity index (χ4v) is 5.47. The van der Waals surface area contributed by atoms with Gasteiger partial charge in [0.15, 0.2) is 10.9 Å². The van der Waals surface area contributed by atoms with Crippen LogP contribution in [0.1, 0.15) is 29.6 Å². The number of hydrogen-bond donors (Lipinski definition) is 2. The van der Waals surface area contributed by atoms with Crippen molar-refractivity contribution < 1.29 is 23.8 Å². The van der Waals surface area contributed by atoms with Gasteiger partial charge >= 0.3 is 5.97 Å². The third-order valence-corrected chi connectivity index (χ3v) is 7.43. The number of rotatable bonds is 7. The minimum atomic E-state index is -0.910. The second-order valence-electron chi connectivity index (χ2n) is 8.60. The summed E-state index contributed by atoms with van der Waals surface area (Å²) < 4.78 is 21.1. The van der Waals surface area contributed by atoms with Crippen molar-refractivity contribution >= 4 is 44.1 Å². The first-order chi connectivity index (χ1) is 16.9. The van der Waals surface area contributed by atoms with Crippen LogP contribution in [0, 0.1) is 17.7 Å². The number of ether oxygens (including phenoxy) is 1. The number of methoxy groups -OCH3 is 1. The fraction of sp³-hybridized carbons (Fsp3) is 0.222. The van der Waals surface area contributed by atoms with Crippen LogP contribution in [0.25, 0.3) is 21.3 Å². The summed E-state index contributed by atoms with van der Waals surface area (Å²) in [6.07, 6.45) is 1.88. The van der Waals surface area contributed by atoms with E-state index in [0.717, 1.165) is 22.2 Å². The molecule has 2 N–H and O–H groups in total. The zero-order chi connectivity index (χ0) is 24.5. The van der Waals surface area contributed by atoms with Gasteiger partial charge in [0.2, 0.25) is 0 Å². The predicted molar refractivity (Wildman–Crippen MR) is 134 cm³/mol. The molecule has 2 atom stereocenters. The van der Waals surface area contributed by atoms with E-state index >= 15 is 0 Å². The fourth-order valence-electron chi connectivity index (χ4n) is 4.61. The van der Waals surface area contributed by atoms with Gasteiger partial charge in [-0.2, -0.15) is 0 Å². The number of halogens is 1. The number of aliphatic carboxylic acids is 1. The number of fused-ring (bicyclic) bond motifs is 1. The lowest BCUT2D eigenvalue weighted by atomic mass is 9.88. The normalized spacial score (nSPS) is 17.4. The minimum Gasteiger partial charge on any atom is -0.497 e. The van der Waals surface area contributed by atoms with Gasteiger partial charge in [0.1, 0.15) is 11.6 Å². The predicted octanol–water partition coefficient (Wildman–Crippen LogP) is 6.54. The van der Waals surface area contributed by atoms with Crippen molar-refractivity contribution in [2.75, 3.05) is 12.4 Å². The van der Waals surface area contributed by atoms with Crippen LogP contribution in [0.15, 0.2) is 60.7 Å². The van der Waals surface area contributed by atoms with Gasteiger partial charge in [0, 0.05) is 17.5 Å². The first-order valence-electron chi connectivity index (χ1n) is 11.3. The van der Waals surface area contributed by atoms with Gasteiger partial charge in [-0.1, -0.05) is 48.1 Å². The Hall–Kier alpha value is -3.78. The van der Waals surface area contributed by atoms with Gasteiger partial charge in [-0.05, 0) is 48.2 Å². The minimum absolute atomic E-state index is 0.138. The van der Waals surface area contributed by atoms with Crippen LogP contribution in [-0.4, -0.2) is 29.0 Å². The summed E-state index contributed by atoms with van der Waals surface area (Å²) in [5.74, 6) is -1.86. The average molecular weight is 491 g/mol. The van der Waals surface area contributed by atoms with E-state index < -0.39 is 23.6 Å². The highest BCUT2D eigenvalue weighted by molar-refractivity contribution is 7.22. The summed E-state index contributed by atoms with van der Waals surface area (Å²) >= 11 is 1.42. The lowest BCUT2D eigenvalue weighted by Crippen LogP contribution is -2.25. The van der Waals surface area contributed by atoms with Gasteiger partial charge in [-0.15, -0.1) is 0 Å². The van der Waals surface area contributed by atoms with Gasteiger partial charge in [-0.3, -0.25) is 9.59 Å². The van der Waals surface area contributed by atoms with Gasteiger partial charge in [-0.25, -0.2) is 9.37 Å². The number of anilines is 2. The van der Waals surface area contributed by atoms with E-state index in [4.69, 9.17) is 4.74 Å². The third kappa shape index (κ3) is 4.61. The molecule has 0 saturated heterocycles. The Kier molecular flexibility index (Phi) is 6.21. The lowest BCUT2D eigenvalue weighted by Gasteiger charge is -2.15. The smallest absolute Gasteiger partial charge is 0.307 e. The number of benzene rings is 3. The second-order valence-corrected chi connectivity index (χ2v) is 9.63. The van der Waals surface area contributed by atoms with Crippen LogP contribution in [0.4, 0.5) is 15.2 Å². The molecule has 5 rings (SSSR count). The number of carbonyl (C=O) groups excluding carboxylic acids is 1. The maximum Gasteiger partial charge on any atom is 0.307 e. The maximum atomic E-state index is 14.9. The number of carboxylic acids is 1. The van der Waals surface area contributed by atoms with E-state index in [0.29, 0.717) is 40.5 Å². The van der Waals surface area contributed by atoms with E-state index in [1.54, 1.807) is 43.5 Å². The summed E-state index contributed by atoms with van der Waals surface area (Å²) in [7, 11) is 1.60. The Labute approximate surface area is 205 Å². The molecule has 0 unspecified atom stereocenters. The number of Topliss-reactive ketones (excluding diaryl/α,β-unsaturated/α-hetero) is 1. The van der Waals surface area contributed by atoms with E-state index in [1.807, 2.05) is 18.2 Å². The molecule has 1 fully saturated rings. The SMILES string of the molecule is COc1ccc2sc(Nc3ccc(-c4ccc(C(=O)[C@@H]5CCC[C@H]5C(=O)O)cc4)cc3F)nc2c1. The Balaban J connectivity index is 1.32. The molecule has 1 aromatic heterocycles. The van der Waals surface area contributed by atoms with E-state index in [2.05, 4.69) is 10.3 Å². The van der Waals surface area contributed by atoms with Crippen LogP contribution in [0.2, 0.25) is 0 Å². The molecule has 0 radical (unpaired) electrons. The Bertz CT molecular complexity index is 1420. The van der Waals surface area contributed by atoms with Crippen LogP contribution >= 0.6 is 11.3 Å². The molecular weight excluding hydrogens is 467 g/mol. The molecule has 1 aliphatic rings. The quantitative estimate of drug-likeness (QED) is 0.286. The van der Waals surface area contributed by atoms with Crippen molar-refractivity contribution in [3.63, 3.8) is 0 Å². The van der Waals surface area contributed by atoms with Crippen LogP contribution < -0.4 is 10.1 Å². The number of thiazole rings is 1. The number of hydrogen-bond acceptors (Lipinski definition) is 6. The second kappa shape index (κ2) is 9.46. The molecule has 1 heterocycles. The lowest BCUT2D eigenvalue weighted by molar-refractivity contribution is -0.142. The number of carboxylic acid groups (broad SMARTS) is 1. The monoisotopic (exact) mass is 490 g/mol. The summed E-state index contributed by atoms with van der Waals surface area (Å²) in [5.41, 5.74) is 3.01. The first-order valence-corrected chi connectivity index (χ1v) is 12.1. The Morgan fingerprint density at radius 1 is 1.03 bits per heavy atom. The van der Waals surface area contributed by atoms with Crippen molar-refractivity contribution in [2.24, 2.45) is 11.8 Å². The van der Waals surface area contributed by atoms with E-state index in [-0.39, 0.29) is 5.78 Å². The molecule has 0 spiro atoms. The van der Waals surface area contributed by atoms with Crippen molar-refractivity contribution in [3.05, 3.63) is 72.0 Å². The molecule has 4 aromatic rings. The topological polar surface area (TPSA) is 88.5 Å². The molecule has 1 aliphatic carbocycles. The number of nitrogens with one attached hydrogen (secondary N) is 1. The molecule has 0 amide bonds. The highest BCUT2D eigenvalue weighted by atomic mass is 32.1. The van der Waals surface area contributed by atoms with Crippen molar-refractivity contribution in [3.8, 4) is 16.9 Å². The molecule has 35 heavy (non-hydrogen) atoms. The summed E-state index contributed by atoms with van der Waals surface area (Å²) in [6.45, 7) is 0. The van der Waals surface area contributed by atoms with Crippen LogP contribution in [-0.2, 0) is 4.79 Å². The van der Waals surface area contributed by atoms with Crippen molar-refractivity contribution in [2.45, 2.75) is 19.3 Å². The number of carbonyl (C=O) groups is 2. The number of ketones is 1. The molecule has 178 valence electrons. The molecular formula is C27H23FN2O4S. The highest BCUT2D eigenvalue weighted by Crippen LogP contribution is 2.35. The molecule has 0 aliphatic heterocycles. The van der Waals surface area contributed by atoms with E-state index in [9.17, 15) is 19.1 Å². The zero-order valence-electron chi connectivity index (χ0n) is 19.0. The standard InChI is InChI=1S/C27H23FN2O4S/c1-34-18-10-12-24-23(14-18)30-27(35-24)29-22-11-9-17(13-21(22)28)15-5-7-16(8-6-15)25(31)19-3-2-4-20(19)26(32)33/h5-14,19-20H,2-4H2,1H3,(H,29,30)(H,32,33)/t19-,20-/m1/s1. The molecule has 3 aromatic carbocycles. The van der Waals surface area contributed by atoms with E-state index in [1.165, 1.54) is 17.4 Å². The molecule has 6 nitrogen and oxygen atoms in total. The Morgan fingerprint density at radius 3 is 2.49 bits per heavy atom. The zero-order valence-corrected chi connectivity index (χ0v) is 19.8. The van der Waals surface area contributed by atoms with Crippen LogP contribution in [0.3, 0.4) is 0 Å². The summed E-state index contributed by atoms with van der Waals surface area (Å²) in [5, 5.41) is 13.0. The largest absolute Gasteiger partial charge is 0.497 e. The van der Waals surface area contributed by atoms with Gasteiger partial charge in [0.25, 0.3) is 0 Å². The Morgan fingerprint density at radius 2 is 1.77 bits per heavy atom. The van der Waals surface area contributed by atoms with Crippen LogP contribution in [0.5, 0.6) is 5.75 Å². The molecule has 1 saturated carbocycles. The average Bonchev–Trinajstić information content (AvgIpc) is 3.51. The maximum absolute atomic E-state index is 14.9. The number of aromatic nitrogens is 1. The third-order valence-electron chi connectivity index (χ3n) is 6.48. The summed E-state index contributed by atoms with van der Waals surface area (Å²) in [4.78, 5) is 28.8. The van der Waals surface area contributed by atoms with Crippen molar-refractivity contribution in [1.29, 1.82) is 0 Å². The van der Waals surface area contributed by atoms with Gasteiger partial charge in [0.05, 0.1) is 28.9 Å². The first kappa shape index (κ1) is 23.0. The summed E-state index contributed by atoms with van der Waals surface area (Å²) in [6, 6.07) is 17.4.